The van der Waals surface area contributed by atoms with Crippen molar-refractivity contribution in [2.75, 3.05) is 30.9 Å². The van der Waals surface area contributed by atoms with Crippen molar-refractivity contribution in [2.24, 2.45) is 0 Å². The van der Waals surface area contributed by atoms with E-state index in [1.165, 1.54) is 21.6 Å². The van der Waals surface area contributed by atoms with Crippen molar-refractivity contribution in [3.05, 3.63) is 58.6 Å². The Balaban J connectivity index is 1.53. The molecule has 28 heavy (non-hydrogen) atoms. The molecule has 0 unspecified atom stereocenters. The first kappa shape index (κ1) is 20.4. The zero-order chi connectivity index (χ0) is 20.1. The topological polar surface area (TPSA) is 66.9 Å². The number of carbonyl (C=O) groups is 3. The number of ether oxygens (including phenoxy) is 1. The lowest BCUT2D eigenvalue weighted by Gasteiger charge is -2.28. The van der Waals surface area contributed by atoms with Gasteiger partial charge < -0.3 is 9.64 Å². The quantitative estimate of drug-likeness (QED) is 0.617. The fourth-order valence-corrected chi connectivity index (χ4v) is 4.07. The van der Waals surface area contributed by atoms with Gasteiger partial charge in [0.05, 0.1) is 11.4 Å². The molecule has 146 valence electrons. The number of anilines is 1. The highest BCUT2D eigenvalue weighted by molar-refractivity contribution is 9.10. The Morgan fingerprint density at radius 2 is 1.89 bits per heavy atom. The van der Waals surface area contributed by atoms with Gasteiger partial charge in [-0.15, -0.1) is 11.8 Å². The number of hydrogen-bond acceptors (Lipinski definition) is 5. The lowest BCUT2D eigenvalue weighted by atomic mass is 10.2. The molecule has 0 bridgehead atoms. The summed E-state index contributed by atoms with van der Waals surface area (Å²) in [5, 5.41) is 0. The molecule has 0 aliphatic carbocycles. The molecule has 1 aliphatic rings. The summed E-state index contributed by atoms with van der Waals surface area (Å²) in [7, 11) is 1.65. The van der Waals surface area contributed by atoms with Gasteiger partial charge in [-0.2, -0.15) is 0 Å². The standard InChI is InChI=1S/C20H19BrN2O4S/c1-22(10-14-6-2-3-7-15(14)21)18(24)12-27-20(26)11-23-16-8-4-5-9-17(16)28-13-19(23)25/h2-9H,10-13H2,1H3. The summed E-state index contributed by atoms with van der Waals surface area (Å²) in [6.07, 6.45) is 0. The van der Waals surface area contributed by atoms with Crippen molar-refractivity contribution in [2.45, 2.75) is 11.4 Å². The van der Waals surface area contributed by atoms with Crippen LogP contribution < -0.4 is 4.90 Å². The first-order valence-corrected chi connectivity index (χ1v) is 10.4. The highest BCUT2D eigenvalue weighted by Gasteiger charge is 2.27. The third-order valence-electron chi connectivity index (χ3n) is 4.24. The van der Waals surface area contributed by atoms with E-state index < -0.39 is 5.97 Å². The predicted octanol–water partition coefficient (Wildman–Crippen LogP) is 3.09. The van der Waals surface area contributed by atoms with Crippen molar-refractivity contribution >= 4 is 51.2 Å². The average Bonchev–Trinajstić information content (AvgIpc) is 2.70. The Bertz CT molecular complexity index is 905. The minimum Gasteiger partial charge on any atom is -0.454 e. The number of para-hydroxylation sites is 1. The number of amides is 2. The van der Waals surface area contributed by atoms with Crippen molar-refractivity contribution < 1.29 is 19.1 Å². The first-order valence-electron chi connectivity index (χ1n) is 8.61. The molecule has 0 spiro atoms. The number of esters is 1. The van der Waals surface area contributed by atoms with Gasteiger partial charge in [-0.05, 0) is 23.8 Å². The largest absolute Gasteiger partial charge is 0.454 e. The summed E-state index contributed by atoms with van der Waals surface area (Å²) in [6, 6.07) is 15.0. The zero-order valence-corrected chi connectivity index (χ0v) is 17.7. The zero-order valence-electron chi connectivity index (χ0n) is 15.3. The van der Waals surface area contributed by atoms with Crippen molar-refractivity contribution in [1.29, 1.82) is 0 Å². The highest BCUT2D eigenvalue weighted by Crippen LogP contribution is 2.34. The molecular weight excluding hydrogens is 444 g/mol. The molecule has 3 rings (SSSR count). The van der Waals surface area contributed by atoms with Crippen LogP contribution >= 0.6 is 27.7 Å². The monoisotopic (exact) mass is 462 g/mol. The van der Waals surface area contributed by atoms with Crippen molar-refractivity contribution in [3.8, 4) is 0 Å². The van der Waals surface area contributed by atoms with Gasteiger partial charge in [-0.1, -0.05) is 46.3 Å². The number of benzene rings is 2. The van der Waals surface area contributed by atoms with E-state index in [0.717, 1.165) is 14.9 Å². The second-order valence-electron chi connectivity index (χ2n) is 6.24. The van der Waals surface area contributed by atoms with Crippen LogP contribution in [0.3, 0.4) is 0 Å². The van der Waals surface area contributed by atoms with Gasteiger partial charge in [0, 0.05) is 23.0 Å². The van der Waals surface area contributed by atoms with E-state index in [4.69, 9.17) is 4.74 Å². The molecule has 0 aromatic heterocycles. The lowest BCUT2D eigenvalue weighted by molar-refractivity contribution is -0.150. The number of nitrogens with zero attached hydrogens (tertiary/aromatic N) is 2. The number of carbonyl (C=O) groups excluding carboxylic acids is 3. The van der Waals surface area contributed by atoms with Crippen LogP contribution in [0.1, 0.15) is 5.56 Å². The van der Waals surface area contributed by atoms with E-state index in [9.17, 15) is 14.4 Å². The van der Waals surface area contributed by atoms with Gasteiger partial charge in [0.2, 0.25) is 5.91 Å². The maximum absolute atomic E-state index is 12.3. The van der Waals surface area contributed by atoms with Crippen LogP contribution in [0.25, 0.3) is 0 Å². The van der Waals surface area contributed by atoms with E-state index >= 15 is 0 Å². The molecule has 0 saturated heterocycles. The molecule has 2 aromatic rings. The Kier molecular flexibility index (Phi) is 6.74. The minimum atomic E-state index is -0.613. The minimum absolute atomic E-state index is 0.155. The summed E-state index contributed by atoms with van der Waals surface area (Å²) < 4.78 is 6.03. The van der Waals surface area contributed by atoms with Crippen LogP contribution in [0.4, 0.5) is 5.69 Å². The third-order valence-corrected chi connectivity index (χ3v) is 6.06. The molecule has 0 fully saturated rings. The van der Waals surface area contributed by atoms with Gasteiger partial charge in [-0.3, -0.25) is 19.3 Å². The number of rotatable bonds is 6. The maximum Gasteiger partial charge on any atom is 0.326 e. The first-order chi connectivity index (χ1) is 13.5. The van der Waals surface area contributed by atoms with Crippen LogP contribution in [0.5, 0.6) is 0 Å². The van der Waals surface area contributed by atoms with Crippen LogP contribution in [0.15, 0.2) is 57.9 Å². The van der Waals surface area contributed by atoms with Crippen LogP contribution in [-0.2, 0) is 25.7 Å². The van der Waals surface area contributed by atoms with Crippen molar-refractivity contribution in [1.82, 2.24) is 4.90 Å². The molecule has 6 nitrogen and oxygen atoms in total. The van der Waals surface area contributed by atoms with E-state index in [2.05, 4.69) is 15.9 Å². The van der Waals surface area contributed by atoms with E-state index in [1.807, 2.05) is 42.5 Å². The van der Waals surface area contributed by atoms with E-state index in [1.54, 1.807) is 13.1 Å². The summed E-state index contributed by atoms with van der Waals surface area (Å²) in [5.74, 6) is -0.807. The molecule has 1 heterocycles. The molecule has 2 amide bonds. The van der Waals surface area contributed by atoms with Gasteiger partial charge in [0.1, 0.15) is 6.54 Å². The maximum atomic E-state index is 12.3. The van der Waals surface area contributed by atoms with Crippen LogP contribution in [-0.4, -0.2) is 48.6 Å². The number of hydrogen-bond donors (Lipinski definition) is 0. The summed E-state index contributed by atoms with van der Waals surface area (Å²) in [4.78, 5) is 40.5. The van der Waals surface area contributed by atoms with Gasteiger partial charge in [0.25, 0.3) is 5.91 Å². The second-order valence-corrected chi connectivity index (χ2v) is 8.11. The smallest absolute Gasteiger partial charge is 0.326 e. The Labute approximate surface area is 176 Å². The van der Waals surface area contributed by atoms with Crippen molar-refractivity contribution in [3.63, 3.8) is 0 Å². The molecule has 0 saturated carbocycles. The van der Waals surface area contributed by atoms with Gasteiger partial charge in [-0.25, -0.2) is 0 Å². The highest BCUT2D eigenvalue weighted by atomic mass is 79.9. The normalized spacial score (nSPS) is 13.1. The summed E-state index contributed by atoms with van der Waals surface area (Å²) in [5.41, 5.74) is 1.65. The third kappa shape index (κ3) is 4.94. The average molecular weight is 463 g/mol. The number of thioether (sulfide) groups is 1. The van der Waals surface area contributed by atoms with Crippen LogP contribution in [0.2, 0.25) is 0 Å². The summed E-state index contributed by atoms with van der Waals surface area (Å²) in [6.45, 7) is -0.178. The van der Waals surface area contributed by atoms with Crippen LogP contribution in [0, 0.1) is 0 Å². The Morgan fingerprint density at radius 1 is 1.18 bits per heavy atom. The Morgan fingerprint density at radius 3 is 2.68 bits per heavy atom. The van der Waals surface area contributed by atoms with Gasteiger partial charge in [0.15, 0.2) is 6.61 Å². The number of fused-ring (bicyclic) bond motifs is 1. The predicted molar refractivity (Wildman–Crippen MR) is 111 cm³/mol. The fraction of sp³-hybridized carbons (Fsp3) is 0.250. The molecule has 0 atom stereocenters. The molecule has 2 aromatic carbocycles. The molecule has 8 heteroatoms. The van der Waals surface area contributed by atoms with E-state index in [0.29, 0.717) is 12.2 Å². The SMILES string of the molecule is CN(Cc1ccccc1Br)C(=O)COC(=O)CN1C(=O)CSc2ccccc21. The second kappa shape index (κ2) is 9.25. The molecule has 1 aliphatic heterocycles. The lowest BCUT2D eigenvalue weighted by Crippen LogP contribution is -2.40. The summed E-state index contributed by atoms with van der Waals surface area (Å²) >= 11 is 4.89. The fourth-order valence-electron chi connectivity index (χ4n) is 2.72. The van der Waals surface area contributed by atoms with Gasteiger partial charge >= 0.3 is 5.97 Å². The molecular formula is C20H19BrN2O4S. The molecule has 0 N–H and O–H groups in total. The Hall–Kier alpha value is -2.32. The van der Waals surface area contributed by atoms with E-state index in [-0.39, 0.29) is 30.7 Å². The number of halogens is 1. The number of likely N-dealkylation sites (N-methyl/N-ethyl adjacent to an activating group) is 1. The molecule has 0 radical (unpaired) electrons.